The zero-order valence-electron chi connectivity index (χ0n) is 17.5. The van der Waals surface area contributed by atoms with Gasteiger partial charge in [0.15, 0.2) is 0 Å². The topological polar surface area (TPSA) is 97.6 Å². The van der Waals surface area contributed by atoms with Crippen molar-refractivity contribution >= 4 is 43.8 Å². The molecule has 0 unspecified atom stereocenters. The second-order valence-corrected chi connectivity index (χ2v) is 8.90. The minimum absolute atomic E-state index is 0.340. The van der Waals surface area contributed by atoms with Gasteiger partial charge in [-0.05, 0) is 56.2 Å². The van der Waals surface area contributed by atoms with Crippen LogP contribution in [-0.2, 0) is 14.8 Å². The maximum atomic E-state index is 12.6. The minimum Gasteiger partial charge on any atom is -0.496 e. The maximum Gasteiger partial charge on any atom is 0.248 e. The van der Waals surface area contributed by atoms with E-state index in [0.717, 1.165) is 39.5 Å². The number of benzene rings is 2. The number of allylic oxidation sites excluding steroid dienone is 1. The van der Waals surface area contributed by atoms with Crippen LogP contribution in [0.2, 0.25) is 0 Å². The zero-order chi connectivity index (χ0) is 22.1. The lowest BCUT2D eigenvalue weighted by molar-refractivity contribution is -0.111. The molecule has 0 aliphatic carbocycles. The van der Waals surface area contributed by atoms with E-state index < -0.39 is 10.0 Å². The number of fused-ring (bicyclic) bond motifs is 1. The molecule has 1 aromatic heterocycles. The summed E-state index contributed by atoms with van der Waals surface area (Å²) in [6.45, 7) is 5.71. The Morgan fingerprint density at radius 3 is 2.53 bits per heavy atom. The number of ether oxygens (including phenoxy) is 1. The van der Waals surface area contributed by atoms with E-state index >= 15 is 0 Å². The van der Waals surface area contributed by atoms with Gasteiger partial charge in [0.2, 0.25) is 15.9 Å². The summed E-state index contributed by atoms with van der Waals surface area (Å²) in [5.41, 5.74) is 5.00. The summed E-state index contributed by atoms with van der Waals surface area (Å²) in [6.07, 6.45) is 4.25. The van der Waals surface area contributed by atoms with Crippen molar-refractivity contribution in [2.75, 3.05) is 23.4 Å². The molecule has 0 spiro atoms. The molecule has 0 atom stereocenters. The molecule has 0 saturated carbocycles. The monoisotopic (exact) mass is 428 g/mol. The molecule has 0 saturated heterocycles. The highest BCUT2D eigenvalue weighted by atomic mass is 32.2. The highest BCUT2D eigenvalue weighted by Gasteiger charge is 2.17. The number of hydrogen-bond donors (Lipinski definition) is 2. The predicted molar refractivity (Wildman–Crippen MR) is 119 cm³/mol. The Kier molecular flexibility index (Phi) is 5.89. The second kappa shape index (κ2) is 8.23. The summed E-state index contributed by atoms with van der Waals surface area (Å²) in [4.78, 5) is 12.6. The zero-order valence-corrected chi connectivity index (χ0v) is 18.3. The van der Waals surface area contributed by atoms with Gasteiger partial charge in [-0.2, -0.15) is 0 Å². The van der Waals surface area contributed by atoms with Crippen LogP contribution >= 0.6 is 0 Å². The van der Waals surface area contributed by atoms with Gasteiger partial charge < -0.3 is 14.5 Å². The number of methoxy groups -OCH3 is 1. The SMILES string of the molecule is COc1c(/C(C)=C/C(=O)Nc2cccc(NS(C)(=O)=O)c2)cc2c(C)coc2c1C. The van der Waals surface area contributed by atoms with Crippen molar-refractivity contribution in [2.24, 2.45) is 0 Å². The molecule has 1 amide bonds. The molecule has 3 aromatic rings. The van der Waals surface area contributed by atoms with E-state index in [1.165, 1.54) is 6.08 Å². The normalized spacial score (nSPS) is 12.1. The number of amides is 1. The molecule has 30 heavy (non-hydrogen) atoms. The first-order chi connectivity index (χ1) is 14.1. The Morgan fingerprint density at radius 1 is 1.17 bits per heavy atom. The molecule has 3 rings (SSSR count). The molecule has 0 fully saturated rings. The fourth-order valence-corrected chi connectivity index (χ4v) is 3.88. The van der Waals surface area contributed by atoms with E-state index in [1.807, 2.05) is 26.8 Å². The summed E-state index contributed by atoms with van der Waals surface area (Å²) < 4.78 is 36.4. The molecule has 1 heterocycles. The van der Waals surface area contributed by atoms with Gasteiger partial charge in [-0.15, -0.1) is 0 Å². The Labute approximate surface area is 175 Å². The molecule has 0 radical (unpaired) electrons. The van der Waals surface area contributed by atoms with Gasteiger partial charge in [-0.25, -0.2) is 8.42 Å². The Bertz CT molecular complexity index is 1260. The van der Waals surface area contributed by atoms with Crippen molar-refractivity contribution in [1.82, 2.24) is 0 Å². The number of rotatable bonds is 6. The van der Waals surface area contributed by atoms with Crippen LogP contribution in [0.4, 0.5) is 11.4 Å². The van der Waals surface area contributed by atoms with Crippen molar-refractivity contribution in [3.05, 3.63) is 59.4 Å². The molecule has 0 aliphatic rings. The smallest absolute Gasteiger partial charge is 0.248 e. The fourth-order valence-electron chi connectivity index (χ4n) is 3.32. The third-order valence-corrected chi connectivity index (χ3v) is 5.25. The number of aryl methyl sites for hydroxylation is 2. The average molecular weight is 429 g/mol. The van der Waals surface area contributed by atoms with Crippen LogP contribution in [0.3, 0.4) is 0 Å². The number of carbonyl (C=O) groups excluding carboxylic acids is 1. The van der Waals surface area contributed by atoms with Crippen LogP contribution in [0, 0.1) is 13.8 Å². The van der Waals surface area contributed by atoms with Crippen LogP contribution in [-0.4, -0.2) is 27.7 Å². The van der Waals surface area contributed by atoms with Gasteiger partial charge in [-0.1, -0.05) is 6.07 Å². The number of sulfonamides is 1. The third-order valence-electron chi connectivity index (χ3n) is 4.65. The number of furan rings is 1. The Hall–Kier alpha value is -3.26. The summed E-state index contributed by atoms with van der Waals surface area (Å²) in [6, 6.07) is 8.44. The Balaban J connectivity index is 1.90. The lowest BCUT2D eigenvalue weighted by Crippen LogP contribution is -2.11. The molecule has 2 N–H and O–H groups in total. The highest BCUT2D eigenvalue weighted by molar-refractivity contribution is 7.92. The van der Waals surface area contributed by atoms with Crippen LogP contribution in [0.25, 0.3) is 16.5 Å². The van der Waals surface area contributed by atoms with E-state index in [9.17, 15) is 13.2 Å². The molecule has 0 aliphatic heterocycles. The lowest BCUT2D eigenvalue weighted by atomic mass is 9.98. The fraction of sp³-hybridized carbons (Fsp3) is 0.227. The molecule has 7 nitrogen and oxygen atoms in total. The average Bonchev–Trinajstić information content (AvgIpc) is 3.01. The van der Waals surface area contributed by atoms with E-state index in [4.69, 9.17) is 9.15 Å². The number of nitrogens with one attached hydrogen (secondary N) is 2. The number of hydrogen-bond acceptors (Lipinski definition) is 5. The number of anilines is 2. The van der Waals surface area contributed by atoms with Gasteiger partial charge in [0.25, 0.3) is 0 Å². The van der Waals surface area contributed by atoms with Crippen LogP contribution in [0.5, 0.6) is 5.75 Å². The molecule has 0 bridgehead atoms. The van der Waals surface area contributed by atoms with Crippen molar-refractivity contribution in [3.63, 3.8) is 0 Å². The molecular formula is C22H24N2O5S. The van der Waals surface area contributed by atoms with Crippen molar-refractivity contribution in [1.29, 1.82) is 0 Å². The van der Waals surface area contributed by atoms with Gasteiger partial charge in [0.1, 0.15) is 11.3 Å². The highest BCUT2D eigenvalue weighted by Crippen LogP contribution is 2.37. The van der Waals surface area contributed by atoms with Gasteiger partial charge in [0.05, 0.1) is 25.3 Å². The standard InChI is InChI=1S/C22H24N2O5S/c1-13(18-11-19-14(2)12-29-22(19)15(3)21(18)28-4)9-20(25)23-16-7-6-8-17(10-16)24-30(5,26)27/h6-12,24H,1-5H3,(H,23,25)/b13-9+. The van der Waals surface area contributed by atoms with E-state index in [-0.39, 0.29) is 5.91 Å². The van der Waals surface area contributed by atoms with Crippen LogP contribution < -0.4 is 14.8 Å². The Morgan fingerprint density at radius 2 is 1.87 bits per heavy atom. The van der Waals surface area contributed by atoms with E-state index in [2.05, 4.69) is 10.0 Å². The quantitative estimate of drug-likeness (QED) is 0.565. The molecule has 158 valence electrons. The van der Waals surface area contributed by atoms with Crippen LogP contribution in [0.1, 0.15) is 23.6 Å². The van der Waals surface area contributed by atoms with Gasteiger partial charge in [0, 0.05) is 28.3 Å². The van der Waals surface area contributed by atoms with Crippen molar-refractivity contribution < 1.29 is 22.4 Å². The van der Waals surface area contributed by atoms with Crippen molar-refractivity contribution in [3.8, 4) is 5.75 Å². The van der Waals surface area contributed by atoms with Gasteiger partial charge >= 0.3 is 0 Å². The van der Waals surface area contributed by atoms with Crippen molar-refractivity contribution in [2.45, 2.75) is 20.8 Å². The first-order valence-electron chi connectivity index (χ1n) is 9.22. The second-order valence-electron chi connectivity index (χ2n) is 7.15. The first kappa shape index (κ1) is 21.4. The predicted octanol–water partition coefficient (Wildman–Crippen LogP) is 4.47. The van der Waals surface area contributed by atoms with Crippen LogP contribution in [0.15, 0.2) is 47.1 Å². The number of carbonyl (C=O) groups is 1. The maximum absolute atomic E-state index is 12.6. The molecule has 2 aromatic carbocycles. The minimum atomic E-state index is -3.40. The first-order valence-corrected chi connectivity index (χ1v) is 11.1. The van der Waals surface area contributed by atoms with E-state index in [0.29, 0.717) is 17.1 Å². The largest absolute Gasteiger partial charge is 0.496 e. The summed E-state index contributed by atoms with van der Waals surface area (Å²) >= 11 is 0. The summed E-state index contributed by atoms with van der Waals surface area (Å²) in [7, 11) is -1.82. The molecule has 8 heteroatoms. The summed E-state index contributed by atoms with van der Waals surface area (Å²) in [5.74, 6) is 0.311. The van der Waals surface area contributed by atoms with Gasteiger partial charge in [-0.3, -0.25) is 9.52 Å². The molecular weight excluding hydrogens is 404 g/mol. The lowest BCUT2D eigenvalue weighted by Gasteiger charge is -2.13. The van der Waals surface area contributed by atoms with E-state index in [1.54, 1.807) is 37.6 Å². The third kappa shape index (κ3) is 4.65. The summed E-state index contributed by atoms with van der Waals surface area (Å²) in [5, 5.41) is 3.72.